The Morgan fingerprint density at radius 2 is 2.08 bits per heavy atom. The number of rotatable bonds is 4. The number of fused-ring (bicyclic) bond motifs is 1. The van der Waals surface area contributed by atoms with Gasteiger partial charge in [-0.15, -0.1) is 0 Å². The molecule has 1 atom stereocenters. The van der Waals surface area contributed by atoms with Gasteiger partial charge in [0.2, 0.25) is 5.91 Å². The first-order valence-corrected chi connectivity index (χ1v) is 8.81. The van der Waals surface area contributed by atoms with Gasteiger partial charge in [-0.1, -0.05) is 39.0 Å². The lowest BCUT2D eigenvalue weighted by atomic mass is 9.92. The molecular formula is C21H26N2O2. The highest BCUT2D eigenvalue weighted by Gasteiger charge is 2.27. The van der Waals surface area contributed by atoms with Gasteiger partial charge in [-0.3, -0.25) is 9.78 Å². The number of benzene rings is 1. The first kappa shape index (κ1) is 17.5. The second kappa shape index (κ2) is 6.87. The first-order chi connectivity index (χ1) is 11.8. The summed E-state index contributed by atoms with van der Waals surface area (Å²) in [6.07, 6.45) is 3.11. The Bertz CT molecular complexity index is 778. The predicted octanol–water partition coefficient (Wildman–Crippen LogP) is 3.91. The van der Waals surface area contributed by atoms with E-state index in [1.807, 2.05) is 12.1 Å². The molecule has 1 aromatic carbocycles. The molecule has 0 saturated heterocycles. The number of carbonyl (C=O) groups is 1. The third kappa shape index (κ3) is 4.19. The van der Waals surface area contributed by atoms with Crippen LogP contribution in [-0.4, -0.2) is 23.5 Å². The number of para-hydroxylation sites is 1. The molecule has 2 aromatic rings. The van der Waals surface area contributed by atoms with E-state index in [9.17, 15) is 4.79 Å². The average Bonchev–Trinajstić information content (AvgIpc) is 2.95. The van der Waals surface area contributed by atoms with Crippen molar-refractivity contribution in [3.8, 4) is 17.0 Å². The topological polar surface area (TPSA) is 51.2 Å². The maximum atomic E-state index is 12.0. The summed E-state index contributed by atoms with van der Waals surface area (Å²) < 4.78 is 6.17. The normalized spacial score (nSPS) is 16.2. The Kier molecular flexibility index (Phi) is 4.80. The van der Waals surface area contributed by atoms with Crippen molar-refractivity contribution in [1.82, 2.24) is 10.3 Å². The van der Waals surface area contributed by atoms with E-state index in [1.165, 1.54) is 5.56 Å². The summed E-state index contributed by atoms with van der Waals surface area (Å²) in [7, 11) is 0. The van der Waals surface area contributed by atoms with Gasteiger partial charge < -0.3 is 10.1 Å². The van der Waals surface area contributed by atoms with E-state index < -0.39 is 0 Å². The number of aryl methyl sites for hydroxylation is 1. The second-order valence-corrected chi connectivity index (χ2v) is 7.95. The van der Waals surface area contributed by atoms with Gasteiger partial charge >= 0.3 is 0 Å². The maximum absolute atomic E-state index is 12.0. The summed E-state index contributed by atoms with van der Waals surface area (Å²) in [5.74, 6) is 0.979. The molecule has 1 aromatic heterocycles. The molecule has 0 spiro atoms. The summed E-state index contributed by atoms with van der Waals surface area (Å²) in [5, 5.41) is 3.01. The number of pyridine rings is 1. The van der Waals surface area contributed by atoms with Crippen molar-refractivity contribution in [1.29, 1.82) is 0 Å². The number of nitrogens with one attached hydrogen (secondary N) is 1. The fourth-order valence-corrected chi connectivity index (χ4v) is 3.18. The zero-order valence-corrected chi connectivity index (χ0v) is 15.4. The van der Waals surface area contributed by atoms with Gasteiger partial charge in [0.15, 0.2) is 0 Å². The number of nitrogens with zero attached hydrogens (tertiary/aromatic N) is 1. The van der Waals surface area contributed by atoms with Gasteiger partial charge in [0.25, 0.3) is 0 Å². The number of carbonyl (C=O) groups excluding carboxylic acids is 1. The molecule has 0 radical (unpaired) electrons. The van der Waals surface area contributed by atoms with Crippen LogP contribution >= 0.6 is 0 Å². The minimum atomic E-state index is -0.0240. The minimum absolute atomic E-state index is 0.00669. The number of amides is 1. The molecule has 0 bridgehead atoms. The van der Waals surface area contributed by atoms with E-state index in [0.29, 0.717) is 13.0 Å². The number of ether oxygens (including phenoxy) is 1. The Labute approximate surface area is 149 Å². The molecule has 25 heavy (non-hydrogen) atoms. The van der Waals surface area contributed by atoms with E-state index in [-0.39, 0.29) is 17.4 Å². The molecule has 1 N–H and O–H groups in total. The number of hydrogen-bond acceptors (Lipinski definition) is 3. The fourth-order valence-electron chi connectivity index (χ4n) is 3.18. The lowest BCUT2D eigenvalue weighted by Gasteiger charge is -2.19. The van der Waals surface area contributed by atoms with Crippen LogP contribution in [0.5, 0.6) is 5.75 Å². The molecule has 0 saturated carbocycles. The van der Waals surface area contributed by atoms with Crippen molar-refractivity contribution < 1.29 is 9.53 Å². The van der Waals surface area contributed by atoms with E-state index in [0.717, 1.165) is 29.0 Å². The summed E-state index contributed by atoms with van der Waals surface area (Å²) in [5.41, 5.74) is 4.28. The SMILES string of the molecule is Cc1cccnc1-c1cccc2c1OC(CNC(=O)CC(C)(C)C)C2. The van der Waals surface area contributed by atoms with E-state index in [1.54, 1.807) is 6.20 Å². The highest BCUT2D eigenvalue weighted by Crippen LogP contribution is 2.38. The van der Waals surface area contributed by atoms with Gasteiger partial charge in [0.05, 0.1) is 12.2 Å². The zero-order valence-electron chi connectivity index (χ0n) is 15.4. The van der Waals surface area contributed by atoms with Crippen molar-refractivity contribution in [2.45, 2.75) is 46.6 Å². The van der Waals surface area contributed by atoms with Crippen molar-refractivity contribution in [2.75, 3.05) is 6.54 Å². The fraction of sp³-hybridized carbons (Fsp3) is 0.429. The van der Waals surface area contributed by atoms with Crippen LogP contribution in [0.4, 0.5) is 0 Å². The number of hydrogen-bond donors (Lipinski definition) is 1. The molecule has 1 aliphatic heterocycles. The Balaban J connectivity index is 1.70. The molecule has 3 rings (SSSR count). The Hall–Kier alpha value is -2.36. The van der Waals surface area contributed by atoms with Crippen molar-refractivity contribution >= 4 is 5.91 Å². The summed E-state index contributed by atoms with van der Waals surface area (Å²) >= 11 is 0. The van der Waals surface area contributed by atoms with E-state index in [2.05, 4.69) is 56.2 Å². The lowest BCUT2D eigenvalue weighted by Crippen LogP contribution is -2.36. The van der Waals surface area contributed by atoms with E-state index in [4.69, 9.17) is 4.74 Å². The van der Waals surface area contributed by atoms with Gasteiger partial charge in [-0.2, -0.15) is 0 Å². The monoisotopic (exact) mass is 338 g/mol. The van der Waals surface area contributed by atoms with Crippen molar-refractivity contribution in [2.24, 2.45) is 5.41 Å². The van der Waals surface area contributed by atoms with Crippen LogP contribution in [-0.2, 0) is 11.2 Å². The highest BCUT2D eigenvalue weighted by atomic mass is 16.5. The third-order valence-electron chi connectivity index (χ3n) is 4.31. The van der Waals surface area contributed by atoms with Gasteiger partial charge in [0, 0.05) is 24.6 Å². The van der Waals surface area contributed by atoms with Crippen molar-refractivity contribution in [3.05, 3.63) is 47.7 Å². The maximum Gasteiger partial charge on any atom is 0.220 e. The van der Waals surface area contributed by atoms with E-state index >= 15 is 0 Å². The smallest absolute Gasteiger partial charge is 0.220 e. The second-order valence-electron chi connectivity index (χ2n) is 7.95. The zero-order chi connectivity index (χ0) is 18.0. The van der Waals surface area contributed by atoms with Crippen molar-refractivity contribution in [3.63, 3.8) is 0 Å². The standard InChI is InChI=1S/C21H26N2O2/c1-14-7-6-10-22-19(14)17-9-5-8-15-11-16(25-20(15)17)13-23-18(24)12-21(2,3)4/h5-10,16H,11-13H2,1-4H3,(H,23,24). The van der Waals surface area contributed by atoms with Crippen LogP contribution in [0.1, 0.15) is 38.3 Å². The van der Waals surface area contributed by atoms with Gasteiger partial charge in [0.1, 0.15) is 11.9 Å². The Morgan fingerprint density at radius 3 is 2.80 bits per heavy atom. The van der Waals surface area contributed by atoms with Gasteiger partial charge in [-0.25, -0.2) is 0 Å². The summed E-state index contributed by atoms with van der Waals surface area (Å²) in [4.78, 5) is 16.6. The minimum Gasteiger partial charge on any atom is -0.487 e. The van der Waals surface area contributed by atoms with Crippen LogP contribution in [0.2, 0.25) is 0 Å². The molecule has 132 valence electrons. The average molecular weight is 338 g/mol. The highest BCUT2D eigenvalue weighted by molar-refractivity contribution is 5.76. The quantitative estimate of drug-likeness (QED) is 0.919. The third-order valence-corrected chi connectivity index (χ3v) is 4.31. The predicted molar refractivity (Wildman–Crippen MR) is 99.6 cm³/mol. The molecule has 4 heteroatoms. The van der Waals surface area contributed by atoms with Crippen LogP contribution in [0.25, 0.3) is 11.3 Å². The molecule has 0 fully saturated rings. The number of aromatic nitrogens is 1. The summed E-state index contributed by atoms with van der Waals surface area (Å²) in [6.45, 7) is 8.78. The van der Waals surface area contributed by atoms with Crippen LogP contribution in [0, 0.1) is 12.3 Å². The molecule has 0 aliphatic carbocycles. The molecule has 2 heterocycles. The molecule has 1 unspecified atom stereocenters. The molecular weight excluding hydrogens is 312 g/mol. The van der Waals surface area contributed by atoms with Crippen LogP contribution in [0.15, 0.2) is 36.5 Å². The van der Waals surface area contributed by atoms with Gasteiger partial charge in [-0.05, 0) is 35.6 Å². The lowest BCUT2D eigenvalue weighted by molar-refractivity contribution is -0.123. The van der Waals surface area contributed by atoms with Crippen LogP contribution < -0.4 is 10.1 Å². The molecule has 1 amide bonds. The largest absolute Gasteiger partial charge is 0.487 e. The summed E-state index contributed by atoms with van der Waals surface area (Å²) in [6, 6.07) is 10.2. The first-order valence-electron chi connectivity index (χ1n) is 8.81. The molecule has 1 aliphatic rings. The Morgan fingerprint density at radius 1 is 1.28 bits per heavy atom. The molecule has 4 nitrogen and oxygen atoms in total. The van der Waals surface area contributed by atoms with Crippen LogP contribution in [0.3, 0.4) is 0 Å².